The lowest BCUT2D eigenvalue weighted by Crippen LogP contribution is -2.49. The van der Waals surface area contributed by atoms with Crippen molar-refractivity contribution in [1.82, 2.24) is 25.3 Å². The summed E-state index contributed by atoms with van der Waals surface area (Å²) in [6.45, 7) is 7.18. The van der Waals surface area contributed by atoms with Crippen LogP contribution in [0.2, 0.25) is 0 Å². The molecule has 2 heterocycles. The van der Waals surface area contributed by atoms with Crippen LogP contribution in [0.5, 0.6) is 0 Å². The Bertz CT molecular complexity index is 794. The van der Waals surface area contributed by atoms with Crippen LogP contribution in [0.15, 0.2) is 47.6 Å². The van der Waals surface area contributed by atoms with E-state index < -0.39 is 0 Å². The Morgan fingerprint density at radius 3 is 2.52 bits per heavy atom. The second-order valence-corrected chi connectivity index (χ2v) is 7.02. The molecule has 0 radical (unpaired) electrons. The summed E-state index contributed by atoms with van der Waals surface area (Å²) < 4.78 is 1.81. The lowest BCUT2D eigenvalue weighted by Gasteiger charge is -2.36. The van der Waals surface area contributed by atoms with Gasteiger partial charge in [0.25, 0.3) is 0 Å². The van der Waals surface area contributed by atoms with Gasteiger partial charge >= 0.3 is 0 Å². The number of hydrogen-bond acceptors (Lipinski definition) is 4. The second kappa shape index (κ2) is 10.5. The number of aryl methyl sites for hydroxylation is 1. The number of benzene rings is 1. The summed E-state index contributed by atoms with van der Waals surface area (Å²) in [4.78, 5) is 21.4. The van der Waals surface area contributed by atoms with Gasteiger partial charge in [-0.1, -0.05) is 18.2 Å². The summed E-state index contributed by atoms with van der Waals surface area (Å²) in [5, 5.41) is 10.6. The van der Waals surface area contributed by atoms with E-state index >= 15 is 0 Å². The normalized spacial score (nSPS) is 14.8. The fraction of sp³-hybridized carbons (Fsp3) is 0.476. The van der Waals surface area contributed by atoms with E-state index in [9.17, 15) is 4.79 Å². The van der Waals surface area contributed by atoms with E-state index in [1.807, 2.05) is 35.7 Å². The van der Waals surface area contributed by atoms with Gasteiger partial charge in [0.1, 0.15) is 0 Å². The average Bonchev–Trinajstić information content (AvgIpc) is 3.17. The molecule has 8 heteroatoms. The van der Waals surface area contributed by atoms with Crippen LogP contribution in [0, 0.1) is 0 Å². The molecule has 29 heavy (non-hydrogen) atoms. The predicted octanol–water partition coefficient (Wildman–Crippen LogP) is 1.21. The number of rotatable bonds is 7. The number of piperazine rings is 1. The zero-order valence-corrected chi connectivity index (χ0v) is 17.3. The van der Waals surface area contributed by atoms with Crippen LogP contribution in [0.3, 0.4) is 0 Å². The van der Waals surface area contributed by atoms with Crippen molar-refractivity contribution in [3.63, 3.8) is 0 Å². The summed E-state index contributed by atoms with van der Waals surface area (Å²) in [5.74, 6) is 0.906. The van der Waals surface area contributed by atoms with Crippen LogP contribution in [0.1, 0.15) is 19.0 Å². The van der Waals surface area contributed by atoms with Crippen molar-refractivity contribution >= 4 is 17.6 Å². The molecular weight excluding hydrogens is 366 g/mol. The Morgan fingerprint density at radius 2 is 1.86 bits per heavy atom. The molecule has 3 rings (SSSR count). The highest BCUT2D eigenvalue weighted by atomic mass is 16.2. The lowest BCUT2D eigenvalue weighted by molar-refractivity contribution is -0.131. The number of carbonyl (C=O) groups excluding carboxylic acids is 1. The first-order chi connectivity index (χ1) is 14.2. The van der Waals surface area contributed by atoms with Gasteiger partial charge in [-0.3, -0.25) is 9.48 Å². The van der Waals surface area contributed by atoms with E-state index in [1.54, 1.807) is 6.20 Å². The van der Waals surface area contributed by atoms with Crippen LogP contribution in [0.4, 0.5) is 5.69 Å². The Labute approximate surface area is 172 Å². The molecular formula is C21H31N7O. The zero-order chi connectivity index (χ0) is 20.5. The number of nitrogens with zero attached hydrogens (tertiary/aromatic N) is 5. The first-order valence-electron chi connectivity index (χ1n) is 10.2. The van der Waals surface area contributed by atoms with Gasteiger partial charge in [-0.05, 0) is 25.1 Å². The van der Waals surface area contributed by atoms with Gasteiger partial charge in [0, 0.05) is 64.6 Å². The number of anilines is 1. The molecule has 0 aliphatic carbocycles. The molecule has 1 saturated heterocycles. The maximum Gasteiger partial charge on any atom is 0.224 e. The number of amides is 1. The van der Waals surface area contributed by atoms with Crippen molar-refractivity contribution in [2.45, 2.75) is 19.9 Å². The average molecular weight is 398 g/mol. The van der Waals surface area contributed by atoms with Gasteiger partial charge < -0.3 is 20.4 Å². The molecule has 156 valence electrons. The van der Waals surface area contributed by atoms with Crippen LogP contribution >= 0.6 is 0 Å². The fourth-order valence-corrected chi connectivity index (χ4v) is 3.36. The van der Waals surface area contributed by atoms with Gasteiger partial charge in [-0.15, -0.1) is 0 Å². The first kappa shape index (κ1) is 20.7. The minimum absolute atomic E-state index is 0.188. The molecule has 0 bridgehead atoms. The minimum Gasteiger partial charge on any atom is -0.368 e. The van der Waals surface area contributed by atoms with E-state index in [0.29, 0.717) is 19.5 Å². The van der Waals surface area contributed by atoms with Crippen molar-refractivity contribution in [2.75, 3.05) is 44.2 Å². The van der Waals surface area contributed by atoms with E-state index in [2.05, 4.69) is 49.9 Å². The Kier molecular flexibility index (Phi) is 7.49. The first-order valence-corrected chi connectivity index (χ1v) is 10.2. The van der Waals surface area contributed by atoms with Gasteiger partial charge in [0.05, 0.1) is 12.2 Å². The number of guanidine groups is 1. The van der Waals surface area contributed by atoms with Gasteiger partial charge in [-0.2, -0.15) is 5.10 Å². The van der Waals surface area contributed by atoms with Crippen molar-refractivity contribution < 1.29 is 4.79 Å². The van der Waals surface area contributed by atoms with Crippen LogP contribution in [-0.4, -0.2) is 65.8 Å². The number of hydrogen-bond donors (Lipinski definition) is 2. The summed E-state index contributed by atoms with van der Waals surface area (Å²) in [5.41, 5.74) is 2.26. The van der Waals surface area contributed by atoms with Crippen LogP contribution in [-0.2, 0) is 18.4 Å². The third-order valence-corrected chi connectivity index (χ3v) is 5.05. The van der Waals surface area contributed by atoms with Crippen LogP contribution in [0.25, 0.3) is 0 Å². The fourth-order valence-electron chi connectivity index (χ4n) is 3.36. The molecule has 0 saturated carbocycles. The molecule has 1 aromatic heterocycles. The summed E-state index contributed by atoms with van der Waals surface area (Å²) in [6, 6.07) is 12.3. The summed E-state index contributed by atoms with van der Waals surface area (Å²) >= 11 is 0. The van der Waals surface area contributed by atoms with E-state index in [4.69, 9.17) is 0 Å². The highest BCUT2D eigenvalue weighted by Crippen LogP contribution is 2.15. The van der Waals surface area contributed by atoms with Gasteiger partial charge in [-0.25, -0.2) is 4.99 Å². The monoisotopic (exact) mass is 397 g/mol. The van der Waals surface area contributed by atoms with Crippen molar-refractivity contribution in [1.29, 1.82) is 0 Å². The number of aliphatic imine (C=N–C) groups is 1. The summed E-state index contributed by atoms with van der Waals surface area (Å²) in [6.07, 6.45) is 2.23. The SMILES string of the molecule is CCNC(=NCc1ccnn1C)NCCC(=O)N1CCN(c2ccccc2)CC1. The molecule has 1 aliphatic heterocycles. The van der Waals surface area contributed by atoms with E-state index in [1.165, 1.54) is 5.69 Å². The van der Waals surface area contributed by atoms with Gasteiger partial charge in [0.2, 0.25) is 5.91 Å². The molecule has 8 nitrogen and oxygen atoms in total. The van der Waals surface area contributed by atoms with Crippen molar-refractivity contribution in [3.8, 4) is 0 Å². The molecule has 2 aromatic rings. The number of aromatic nitrogens is 2. The predicted molar refractivity (Wildman–Crippen MR) is 116 cm³/mol. The van der Waals surface area contributed by atoms with Gasteiger partial charge in [0.15, 0.2) is 5.96 Å². The highest BCUT2D eigenvalue weighted by molar-refractivity contribution is 5.81. The molecule has 1 amide bonds. The molecule has 1 aliphatic rings. The summed E-state index contributed by atoms with van der Waals surface area (Å²) in [7, 11) is 1.90. The molecule has 2 N–H and O–H groups in total. The minimum atomic E-state index is 0.188. The molecule has 1 aromatic carbocycles. The third-order valence-electron chi connectivity index (χ3n) is 5.05. The van der Waals surface area contributed by atoms with E-state index in [0.717, 1.165) is 44.4 Å². The molecule has 0 unspecified atom stereocenters. The molecule has 1 fully saturated rings. The van der Waals surface area contributed by atoms with Crippen molar-refractivity contribution in [3.05, 3.63) is 48.3 Å². The standard InChI is InChI=1S/C21H31N7O/c1-3-22-21(24-17-19-9-12-25-26(19)2)23-11-10-20(29)28-15-13-27(14-16-28)18-7-5-4-6-8-18/h4-9,12H,3,10-11,13-17H2,1-2H3,(H2,22,23,24). The Balaban J connectivity index is 1.42. The third kappa shape index (κ3) is 5.97. The highest BCUT2D eigenvalue weighted by Gasteiger charge is 2.20. The lowest BCUT2D eigenvalue weighted by atomic mass is 10.2. The largest absolute Gasteiger partial charge is 0.368 e. The number of carbonyl (C=O) groups is 1. The topological polar surface area (TPSA) is 77.8 Å². The molecule has 0 spiro atoms. The van der Waals surface area contributed by atoms with E-state index in [-0.39, 0.29) is 5.91 Å². The number of para-hydroxylation sites is 1. The quantitative estimate of drug-likeness (QED) is 0.543. The van der Waals surface area contributed by atoms with Crippen LogP contribution < -0.4 is 15.5 Å². The number of nitrogens with one attached hydrogen (secondary N) is 2. The second-order valence-electron chi connectivity index (χ2n) is 7.02. The Hall–Kier alpha value is -3.03. The zero-order valence-electron chi connectivity index (χ0n) is 17.3. The smallest absolute Gasteiger partial charge is 0.224 e. The maximum atomic E-state index is 12.6. The van der Waals surface area contributed by atoms with Crippen molar-refractivity contribution in [2.24, 2.45) is 12.0 Å². The Morgan fingerprint density at radius 1 is 1.10 bits per heavy atom. The molecule has 0 atom stereocenters. The maximum absolute atomic E-state index is 12.6.